The van der Waals surface area contributed by atoms with Crippen LogP contribution in [0.15, 0.2) is 0 Å². The van der Waals surface area contributed by atoms with Crippen molar-refractivity contribution in [3.05, 3.63) is 6.42 Å². The molecule has 0 spiro atoms. The molecule has 0 bridgehead atoms. The van der Waals surface area contributed by atoms with Crippen molar-refractivity contribution >= 4 is 0 Å². The summed E-state index contributed by atoms with van der Waals surface area (Å²) in [5.41, 5.74) is 0. The van der Waals surface area contributed by atoms with Crippen LogP contribution in [0.1, 0.15) is 33.1 Å². The van der Waals surface area contributed by atoms with E-state index in [4.69, 9.17) is 6.42 Å². The van der Waals surface area contributed by atoms with E-state index >= 15 is 0 Å². The van der Waals surface area contributed by atoms with Gasteiger partial charge in [-0.1, -0.05) is 26.2 Å². The van der Waals surface area contributed by atoms with E-state index in [0.29, 0.717) is 0 Å². The van der Waals surface area contributed by atoms with Gasteiger partial charge in [0.25, 0.3) is 0 Å². The average Bonchev–Trinajstić information content (AvgIpc) is 1.66. The summed E-state index contributed by atoms with van der Waals surface area (Å²) in [7, 11) is 0. The van der Waals surface area contributed by atoms with Gasteiger partial charge in [-0.2, -0.15) is 0 Å². The van der Waals surface area contributed by atoms with Crippen LogP contribution < -0.4 is 0 Å². The summed E-state index contributed by atoms with van der Waals surface area (Å²) in [4.78, 5) is 0. The molecule has 0 aromatic rings. The van der Waals surface area contributed by atoms with E-state index in [1.165, 1.54) is 6.42 Å². The molecule has 0 rings (SSSR count). The maximum Gasteiger partial charge on any atom is 0.00990 e. The third-order valence-corrected chi connectivity index (χ3v) is 1.08. The van der Waals surface area contributed by atoms with E-state index in [0.717, 1.165) is 18.8 Å². The van der Waals surface area contributed by atoms with Crippen LogP contribution >= 0.6 is 0 Å². The van der Waals surface area contributed by atoms with Crippen LogP contribution in [0.25, 0.3) is 0 Å². The zero-order chi connectivity index (χ0) is 6.41. The Hall–Kier alpha value is -0.440. The molecular formula is C8H13. The fourth-order valence-corrected chi connectivity index (χ4v) is 0.599. The monoisotopic (exact) mass is 109 g/mol. The van der Waals surface area contributed by atoms with Gasteiger partial charge in [-0.05, 0) is 18.8 Å². The second-order valence-corrected chi connectivity index (χ2v) is 2.46. The molecule has 0 nitrogen and oxygen atoms in total. The molecule has 1 radical (unpaired) electrons. The van der Waals surface area contributed by atoms with Gasteiger partial charge in [-0.25, -0.2) is 0 Å². The summed E-state index contributed by atoms with van der Waals surface area (Å²) < 4.78 is 0. The van der Waals surface area contributed by atoms with Crippen molar-refractivity contribution in [1.82, 2.24) is 0 Å². The Kier molecular flexibility index (Phi) is 4.45. The lowest BCUT2D eigenvalue weighted by atomic mass is 10.1. The minimum absolute atomic E-state index is 0.781. The van der Waals surface area contributed by atoms with Crippen LogP contribution in [0.2, 0.25) is 0 Å². The molecule has 0 heterocycles. The molecule has 0 aromatic carbocycles. The Morgan fingerprint density at radius 3 is 2.50 bits per heavy atom. The number of unbranched alkanes of at least 4 members (excludes halogenated alkanes) is 1. The highest BCUT2D eigenvalue weighted by Gasteiger charge is 1.89. The first kappa shape index (κ1) is 7.56. The fourth-order valence-electron chi connectivity index (χ4n) is 0.599. The Morgan fingerprint density at radius 1 is 1.50 bits per heavy atom. The summed E-state index contributed by atoms with van der Waals surface area (Å²) in [6.45, 7) is 4.40. The Balaban J connectivity index is 2.85. The molecular weight excluding hydrogens is 96.1 g/mol. The minimum atomic E-state index is 0.781. The topological polar surface area (TPSA) is 0 Å². The molecule has 0 unspecified atom stereocenters. The summed E-state index contributed by atoms with van der Waals surface area (Å²) in [6, 6.07) is 0. The predicted octanol–water partition coefficient (Wildman–Crippen LogP) is 2.40. The maximum atomic E-state index is 6.60. The molecule has 0 N–H and O–H groups in total. The summed E-state index contributed by atoms with van der Waals surface area (Å²) in [5.74, 6) is 3.15. The quantitative estimate of drug-likeness (QED) is 0.385. The number of hydrogen-bond acceptors (Lipinski definition) is 0. The standard InChI is InChI=1S/C8H13/c1-4-5-6-7-8(2)3/h8H,5-7H2,2-3H3. The lowest BCUT2D eigenvalue weighted by Gasteiger charge is -1.98. The van der Waals surface area contributed by atoms with E-state index in [1.54, 1.807) is 0 Å². The SMILES string of the molecule is [C]#CCCCC(C)C. The highest BCUT2D eigenvalue weighted by Crippen LogP contribution is 2.04. The van der Waals surface area contributed by atoms with Gasteiger partial charge >= 0.3 is 0 Å². The molecule has 0 heteroatoms. The van der Waals surface area contributed by atoms with Gasteiger partial charge < -0.3 is 0 Å². The zero-order valence-electron chi connectivity index (χ0n) is 5.70. The van der Waals surface area contributed by atoms with Crippen molar-refractivity contribution in [3.8, 4) is 5.92 Å². The van der Waals surface area contributed by atoms with E-state index in [-0.39, 0.29) is 0 Å². The van der Waals surface area contributed by atoms with Gasteiger partial charge in [0.05, 0.1) is 0 Å². The zero-order valence-corrected chi connectivity index (χ0v) is 5.70. The van der Waals surface area contributed by atoms with Crippen LogP contribution in [-0.2, 0) is 0 Å². The van der Waals surface area contributed by atoms with Gasteiger partial charge in [0.15, 0.2) is 0 Å². The molecule has 0 aliphatic rings. The number of hydrogen-bond donors (Lipinski definition) is 0. The normalized spacial score (nSPS) is 9.25. The highest BCUT2D eigenvalue weighted by molar-refractivity contribution is 4.74. The van der Waals surface area contributed by atoms with Crippen LogP contribution in [-0.4, -0.2) is 0 Å². The molecule has 0 amide bonds. The first-order chi connectivity index (χ1) is 3.77. The molecule has 0 saturated heterocycles. The van der Waals surface area contributed by atoms with Crippen molar-refractivity contribution in [3.63, 3.8) is 0 Å². The van der Waals surface area contributed by atoms with Crippen molar-refractivity contribution < 1.29 is 0 Å². The minimum Gasteiger partial charge on any atom is -0.0891 e. The summed E-state index contributed by atoms with van der Waals surface area (Å²) in [5, 5.41) is 0. The smallest absolute Gasteiger partial charge is 0.00990 e. The molecule has 0 fully saturated rings. The third-order valence-electron chi connectivity index (χ3n) is 1.08. The van der Waals surface area contributed by atoms with Gasteiger partial charge in [-0.15, -0.1) is 0 Å². The van der Waals surface area contributed by atoms with Crippen molar-refractivity contribution in [2.75, 3.05) is 0 Å². The Bertz CT molecular complexity index is 74.5. The van der Waals surface area contributed by atoms with E-state index in [9.17, 15) is 0 Å². The van der Waals surface area contributed by atoms with E-state index in [2.05, 4.69) is 19.8 Å². The van der Waals surface area contributed by atoms with Crippen LogP contribution in [0.3, 0.4) is 0 Å². The first-order valence-corrected chi connectivity index (χ1v) is 3.17. The molecule has 0 aromatic heterocycles. The maximum absolute atomic E-state index is 6.60. The largest absolute Gasteiger partial charge is 0.0891 e. The van der Waals surface area contributed by atoms with Gasteiger partial charge in [0.1, 0.15) is 0 Å². The molecule has 0 atom stereocenters. The van der Waals surface area contributed by atoms with Gasteiger partial charge in [-0.3, -0.25) is 0 Å². The fraction of sp³-hybridized carbons (Fsp3) is 0.750. The molecule has 8 heavy (non-hydrogen) atoms. The Morgan fingerprint density at radius 2 is 2.12 bits per heavy atom. The van der Waals surface area contributed by atoms with Crippen molar-refractivity contribution in [2.24, 2.45) is 5.92 Å². The lowest BCUT2D eigenvalue weighted by molar-refractivity contribution is 0.562. The van der Waals surface area contributed by atoms with Crippen LogP contribution in [0.5, 0.6) is 0 Å². The highest BCUT2D eigenvalue weighted by atomic mass is 14.0. The lowest BCUT2D eigenvalue weighted by Crippen LogP contribution is -1.84. The van der Waals surface area contributed by atoms with E-state index < -0.39 is 0 Å². The Labute approximate surface area is 52.3 Å². The van der Waals surface area contributed by atoms with Crippen LogP contribution in [0, 0.1) is 18.3 Å². The van der Waals surface area contributed by atoms with Crippen molar-refractivity contribution in [2.45, 2.75) is 33.1 Å². The third kappa shape index (κ3) is 5.56. The molecule has 45 valence electrons. The van der Waals surface area contributed by atoms with Gasteiger partial charge in [0, 0.05) is 6.42 Å². The van der Waals surface area contributed by atoms with E-state index in [1.807, 2.05) is 0 Å². The second kappa shape index (κ2) is 4.71. The molecule has 0 saturated carbocycles. The molecule has 0 aliphatic carbocycles. The molecule has 0 aliphatic heterocycles. The first-order valence-electron chi connectivity index (χ1n) is 3.17. The van der Waals surface area contributed by atoms with Gasteiger partial charge in [0.2, 0.25) is 0 Å². The predicted molar refractivity (Wildman–Crippen MR) is 35.8 cm³/mol. The summed E-state index contributed by atoms with van der Waals surface area (Å²) >= 11 is 0. The van der Waals surface area contributed by atoms with Crippen LogP contribution in [0.4, 0.5) is 0 Å². The summed E-state index contributed by atoms with van der Waals surface area (Å²) in [6.07, 6.45) is 9.78. The average molecular weight is 109 g/mol. The second-order valence-electron chi connectivity index (χ2n) is 2.46. The van der Waals surface area contributed by atoms with Crippen molar-refractivity contribution in [1.29, 1.82) is 0 Å². The number of rotatable bonds is 3.